The molecule has 0 bridgehead atoms. The van der Waals surface area contributed by atoms with Crippen molar-refractivity contribution in [3.8, 4) is 0 Å². The van der Waals surface area contributed by atoms with Crippen LogP contribution in [0.5, 0.6) is 0 Å². The maximum absolute atomic E-state index is 11.7. The van der Waals surface area contributed by atoms with Crippen LogP contribution in [0.2, 0.25) is 0 Å². The van der Waals surface area contributed by atoms with Crippen LogP contribution >= 0.6 is 0 Å². The van der Waals surface area contributed by atoms with Gasteiger partial charge in [0.25, 0.3) is 11.8 Å². The largest absolute Gasteiger partial charge is 0.463 e. The summed E-state index contributed by atoms with van der Waals surface area (Å²) in [6, 6.07) is 12.1. The van der Waals surface area contributed by atoms with Gasteiger partial charge in [-0.2, -0.15) is 5.10 Å². The molecule has 0 saturated heterocycles. The quantitative estimate of drug-likeness (QED) is 0.645. The highest BCUT2D eigenvalue weighted by Gasteiger charge is 2.07. The maximum atomic E-state index is 11.7. The zero-order valence-electron chi connectivity index (χ0n) is 11.5. The van der Waals surface area contributed by atoms with Crippen LogP contribution in [0.15, 0.2) is 58.2 Å². The van der Waals surface area contributed by atoms with Gasteiger partial charge in [0, 0.05) is 5.56 Å². The molecule has 6 nitrogen and oxygen atoms in total. The van der Waals surface area contributed by atoms with Crippen molar-refractivity contribution in [1.82, 2.24) is 10.7 Å². The zero-order valence-corrected chi connectivity index (χ0v) is 11.5. The molecule has 6 heteroatoms. The topological polar surface area (TPSA) is 83.7 Å². The van der Waals surface area contributed by atoms with Gasteiger partial charge < -0.3 is 9.73 Å². The van der Waals surface area contributed by atoms with E-state index in [1.54, 1.807) is 43.3 Å². The van der Waals surface area contributed by atoms with Gasteiger partial charge >= 0.3 is 0 Å². The molecule has 0 aliphatic carbocycles. The van der Waals surface area contributed by atoms with E-state index in [-0.39, 0.29) is 12.5 Å². The third kappa shape index (κ3) is 4.31. The Morgan fingerprint density at radius 1 is 1.14 bits per heavy atom. The first-order valence-electron chi connectivity index (χ1n) is 6.37. The highest BCUT2D eigenvalue weighted by Crippen LogP contribution is 2.01. The van der Waals surface area contributed by atoms with Crippen LogP contribution in [-0.4, -0.2) is 24.1 Å². The first kappa shape index (κ1) is 14.5. The van der Waals surface area contributed by atoms with E-state index in [1.807, 2.05) is 6.07 Å². The molecule has 0 unspecified atom stereocenters. The van der Waals surface area contributed by atoms with Crippen molar-refractivity contribution in [2.45, 2.75) is 6.92 Å². The summed E-state index contributed by atoms with van der Waals surface area (Å²) in [5.41, 5.74) is 3.40. The summed E-state index contributed by atoms with van der Waals surface area (Å²) in [7, 11) is 0. The van der Waals surface area contributed by atoms with Crippen molar-refractivity contribution in [3.63, 3.8) is 0 Å². The van der Waals surface area contributed by atoms with Gasteiger partial charge in [-0.25, -0.2) is 5.43 Å². The van der Waals surface area contributed by atoms with Gasteiger partial charge in [0.2, 0.25) is 0 Å². The number of nitrogens with one attached hydrogen (secondary N) is 2. The number of carbonyl (C=O) groups excluding carboxylic acids is 2. The van der Waals surface area contributed by atoms with Crippen molar-refractivity contribution >= 4 is 17.5 Å². The Hall–Kier alpha value is -2.89. The van der Waals surface area contributed by atoms with E-state index in [0.717, 1.165) is 0 Å². The normalized spacial score (nSPS) is 11.0. The molecule has 1 heterocycles. The minimum atomic E-state index is -0.412. The Labute approximate surface area is 121 Å². The summed E-state index contributed by atoms with van der Waals surface area (Å²) in [6.07, 6.45) is 1.52. The molecule has 1 aromatic heterocycles. The monoisotopic (exact) mass is 285 g/mol. The highest BCUT2D eigenvalue weighted by molar-refractivity contribution is 5.98. The molecule has 0 aliphatic heterocycles. The van der Waals surface area contributed by atoms with Gasteiger partial charge in [-0.05, 0) is 31.2 Å². The Kier molecular flexibility index (Phi) is 4.87. The number of carbonyl (C=O) groups is 2. The SMILES string of the molecule is C/C(=N\NC(=O)CNC(=O)c1ccccc1)c1ccco1. The van der Waals surface area contributed by atoms with E-state index in [4.69, 9.17) is 4.42 Å². The van der Waals surface area contributed by atoms with Crippen LogP contribution in [0.3, 0.4) is 0 Å². The molecular weight excluding hydrogens is 270 g/mol. The fourth-order valence-electron chi connectivity index (χ4n) is 1.58. The number of nitrogens with zero attached hydrogens (tertiary/aromatic N) is 1. The number of rotatable bonds is 5. The van der Waals surface area contributed by atoms with Gasteiger partial charge in [0.15, 0.2) is 0 Å². The molecule has 1 aromatic carbocycles. The van der Waals surface area contributed by atoms with Crippen LogP contribution in [0.4, 0.5) is 0 Å². The van der Waals surface area contributed by atoms with E-state index in [0.29, 0.717) is 17.0 Å². The predicted octanol–water partition coefficient (Wildman–Crippen LogP) is 1.55. The lowest BCUT2D eigenvalue weighted by Gasteiger charge is -2.04. The molecule has 0 atom stereocenters. The smallest absolute Gasteiger partial charge is 0.259 e. The predicted molar refractivity (Wildman–Crippen MR) is 77.8 cm³/mol. The molecule has 108 valence electrons. The van der Waals surface area contributed by atoms with Crippen LogP contribution in [-0.2, 0) is 4.79 Å². The fourth-order valence-corrected chi connectivity index (χ4v) is 1.58. The summed E-state index contributed by atoms with van der Waals surface area (Å²) in [5.74, 6) is -0.147. The van der Waals surface area contributed by atoms with Crippen LogP contribution in [0.25, 0.3) is 0 Å². The van der Waals surface area contributed by atoms with Crippen molar-refractivity contribution in [3.05, 3.63) is 60.1 Å². The molecule has 0 saturated carbocycles. The fraction of sp³-hybridized carbons (Fsp3) is 0.133. The lowest BCUT2D eigenvalue weighted by molar-refractivity contribution is -0.120. The molecule has 2 amide bonds. The van der Waals surface area contributed by atoms with Crippen LogP contribution in [0.1, 0.15) is 23.0 Å². The molecule has 2 N–H and O–H groups in total. The molecule has 2 aromatic rings. The second kappa shape index (κ2) is 7.04. The third-order valence-corrected chi connectivity index (χ3v) is 2.67. The van der Waals surface area contributed by atoms with Crippen molar-refractivity contribution in [2.75, 3.05) is 6.54 Å². The number of hydrazone groups is 1. The second-order valence-corrected chi connectivity index (χ2v) is 4.26. The first-order chi connectivity index (χ1) is 10.2. The maximum Gasteiger partial charge on any atom is 0.259 e. The number of hydrogen-bond donors (Lipinski definition) is 2. The average Bonchev–Trinajstić information content (AvgIpc) is 3.05. The van der Waals surface area contributed by atoms with E-state index in [1.165, 1.54) is 6.26 Å². The summed E-state index contributed by atoms with van der Waals surface area (Å²) in [5, 5.41) is 6.40. The lowest BCUT2D eigenvalue weighted by Crippen LogP contribution is -2.35. The van der Waals surface area contributed by atoms with Crippen molar-refractivity contribution in [2.24, 2.45) is 5.10 Å². The van der Waals surface area contributed by atoms with Gasteiger partial charge in [-0.1, -0.05) is 18.2 Å². The highest BCUT2D eigenvalue weighted by atomic mass is 16.3. The van der Waals surface area contributed by atoms with Crippen LogP contribution in [0, 0.1) is 0 Å². The third-order valence-electron chi connectivity index (χ3n) is 2.67. The number of amides is 2. The zero-order chi connectivity index (χ0) is 15.1. The molecule has 2 rings (SSSR count). The van der Waals surface area contributed by atoms with Crippen molar-refractivity contribution < 1.29 is 14.0 Å². The Morgan fingerprint density at radius 2 is 1.90 bits per heavy atom. The minimum absolute atomic E-state index is 0.150. The van der Waals surface area contributed by atoms with Gasteiger partial charge in [0.05, 0.1) is 12.8 Å². The van der Waals surface area contributed by atoms with E-state index >= 15 is 0 Å². The molecule has 21 heavy (non-hydrogen) atoms. The van der Waals surface area contributed by atoms with Gasteiger partial charge in [-0.3, -0.25) is 9.59 Å². The Bertz CT molecular complexity index is 633. The second-order valence-electron chi connectivity index (χ2n) is 4.26. The van der Waals surface area contributed by atoms with Gasteiger partial charge in [-0.15, -0.1) is 0 Å². The minimum Gasteiger partial charge on any atom is -0.463 e. The van der Waals surface area contributed by atoms with Crippen LogP contribution < -0.4 is 10.7 Å². The lowest BCUT2D eigenvalue weighted by atomic mass is 10.2. The summed E-state index contributed by atoms with van der Waals surface area (Å²) < 4.78 is 5.13. The Balaban J connectivity index is 1.80. The summed E-state index contributed by atoms with van der Waals surface area (Å²) >= 11 is 0. The average molecular weight is 285 g/mol. The number of furan rings is 1. The van der Waals surface area contributed by atoms with E-state index in [9.17, 15) is 9.59 Å². The van der Waals surface area contributed by atoms with Crippen molar-refractivity contribution in [1.29, 1.82) is 0 Å². The first-order valence-corrected chi connectivity index (χ1v) is 6.37. The molecule has 0 fully saturated rings. The van der Waals surface area contributed by atoms with Gasteiger partial charge in [0.1, 0.15) is 11.5 Å². The summed E-state index contributed by atoms with van der Waals surface area (Å²) in [6.45, 7) is 1.56. The molecule has 0 spiro atoms. The van der Waals surface area contributed by atoms with E-state index < -0.39 is 5.91 Å². The summed E-state index contributed by atoms with van der Waals surface area (Å²) in [4.78, 5) is 23.3. The molecule has 0 aliphatic rings. The van der Waals surface area contributed by atoms with E-state index in [2.05, 4.69) is 15.8 Å². The number of hydrogen-bond acceptors (Lipinski definition) is 4. The standard InChI is InChI=1S/C15H15N3O3/c1-11(13-8-5-9-21-13)17-18-14(19)10-16-15(20)12-6-3-2-4-7-12/h2-9H,10H2,1H3,(H,16,20)(H,18,19)/b17-11+. The molecule has 0 radical (unpaired) electrons. The Morgan fingerprint density at radius 3 is 2.57 bits per heavy atom. The molecular formula is C15H15N3O3. The number of benzene rings is 1.